The van der Waals surface area contributed by atoms with Crippen molar-refractivity contribution in [3.05, 3.63) is 29.8 Å². The highest BCUT2D eigenvalue weighted by molar-refractivity contribution is 8.00. The summed E-state index contributed by atoms with van der Waals surface area (Å²) in [5, 5.41) is 0.841. The van der Waals surface area contributed by atoms with Crippen molar-refractivity contribution in [2.24, 2.45) is 4.99 Å². The van der Waals surface area contributed by atoms with Gasteiger partial charge in [0.1, 0.15) is 0 Å². The van der Waals surface area contributed by atoms with E-state index in [2.05, 4.69) is 29.3 Å². The van der Waals surface area contributed by atoms with E-state index in [0.717, 1.165) is 23.7 Å². The average Bonchev–Trinajstić information content (AvgIpc) is 3.16. The first kappa shape index (κ1) is 10.1. The van der Waals surface area contributed by atoms with Crippen LogP contribution in [0.1, 0.15) is 31.2 Å². The van der Waals surface area contributed by atoms with Gasteiger partial charge in [-0.05, 0) is 43.4 Å². The first-order chi connectivity index (χ1) is 7.82. The minimum atomic E-state index is -0.218. The van der Waals surface area contributed by atoms with Crippen molar-refractivity contribution in [1.82, 2.24) is 0 Å². The van der Waals surface area contributed by atoms with Gasteiger partial charge in [0.25, 0.3) is 0 Å². The number of benzene rings is 1. The summed E-state index contributed by atoms with van der Waals surface area (Å²) in [5.41, 5.74) is 0.945. The predicted molar refractivity (Wildman–Crippen MR) is 64.4 cm³/mol. The Balaban J connectivity index is 1.78. The highest BCUT2D eigenvalue weighted by atomic mass is 32.2. The van der Waals surface area contributed by atoms with E-state index < -0.39 is 0 Å². The van der Waals surface area contributed by atoms with Crippen LogP contribution in [-0.2, 0) is 10.3 Å². The van der Waals surface area contributed by atoms with E-state index in [9.17, 15) is 4.79 Å². The van der Waals surface area contributed by atoms with Crippen LogP contribution in [0.25, 0.3) is 0 Å². The van der Waals surface area contributed by atoms with Crippen LogP contribution < -0.4 is 0 Å². The fraction of sp³-hybridized carbons (Fsp3) is 0.462. The summed E-state index contributed by atoms with van der Waals surface area (Å²) in [6.45, 7) is 0. The highest BCUT2D eigenvalue weighted by Gasteiger charge is 2.44. The molecule has 0 N–H and O–H groups in total. The Bertz CT molecular complexity index is 440. The van der Waals surface area contributed by atoms with Gasteiger partial charge in [0.15, 0.2) is 0 Å². The van der Waals surface area contributed by atoms with Crippen LogP contribution in [0.2, 0.25) is 0 Å². The van der Waals surface area contributed by atoms with Crippen molar-refractivity contribution in [2.45, 2.75) is 41.4 Å². The van der Waals surface area contributed by atoms with Crippen molar-refractivity contribution >= 4 is 17.8 Å². The predicted octanol–water partition coefficient (Wildman–Crippen LogP) is 3.27. The fourth-order valence-corrected chi connectivity index (χ4v) is 2.94. The molecule has 3 rings (SSSR count). The molecule has 2 aliphatic rings. The van der Waals surface area contributed by atoms with Crippen LogP contribution >= 0.6 is 11.8 Å². The molecule has 0 atom stereocenters. The van der Waals surface area contributed by atoms with Gasteiger partial charge in [0, 0.05) is 10.1 Å². The van der Waals surface area contributed by atoms with Gasteiger partial charge in [0.2, 0.25) is 6.08 Å². The van der Waals surface area contributed by atoms with E-state index in [0.29, 0.717) is 0 Å². The number of hydrogen-bond donors (Lipinski definition) is 0. The lowest BCUT2D eigenvalue weighted by atomic mass is 10.1. The van der Waals surface area contributed by atoms with Gasteiger partial charge in [-0.1, -0.05) is 12.1 Å². The van der Waals surface area contributed by atoms with Crippen LogP contribution in [0.4, 0.5) is 0 Å². The molecule has 0 saturated heterocycles. The van der Waals surface area contributed by atoms with Crippen molar-refractivity contribution in [3.63, 3.8) is 0 Å². The van der Waals surface area contributed by atoms with E-state index in [1.807, 2.05) is 11.8 Å². The third-order valence-electron chi connectivity index (χ3n) is 3.20. The van der Waals surface area contributed by atoms with Gasteiger partial charge in [-0.15, -0.1) is 11.8 Å². The number of isocyanates is 1. The molecule has 3 heteroatoms. The minimum Gasteiger partial charge on any atom is -0.211 e. The summed E-state index contributed by atoms with van der Waals surface area (Å²) in [6, 6.07) is 8.52. The van der Waals surface area contributed by atoms with Crippen LogP contribution in [0, 0.1) is 0 Å². The Morgan fingerprint density at radius 1 is 1.25 bits per heavy atom. The van der Waals surface area contributed by atoms with E-state index in [1.165, 1.54) is 17.7 Å². The number of thioether (sulfide) groups is 1. The number of aliphatic imine (C=N–C) groups is 1. The topological polar surface area (TPSA) is 29.4 Å². The molecule has 0 spiro atoms. The lowest BCUT2D eigenvalue weighted by Gasteiger charge is -2.08. The quantitative estimate of drug-likeness (QED) is 0.588. The zero-order chi connectivity index (χ0) is 11.0. The van der Waals surface area contributed by atoms with Crippen molar-refractivity contribution in [2.75, 3.05) is 0 Å². The summed E-state index contributed by atoms with van der Waals surface area (Å²) in [5.74, 6) is 0. The highest BCUT2D eigenvalue weighted by Crippen LogP contribution is 2.49. The lowest BCUT2D eigenvalue weighted by Crippen LogP contribution is -2.01. The SMILES string of the molecule is O=C=NC1(c2ccc(SC3CC3)cc2)CC1. The van der Waals surface area contributed by atoms with Gasteiger partial charge in [-0.25, -0.2) is 4.79 Å². The summed E-state index contributed by atoms with van der Waals surface area (Å²) in [7, 11) is 0. The molecule has 16 heavy (non-hydrogen) atoms. The van der Waals surface area contributed by atoms with Crippen LogP contribution in [0.5, 0.6) is 0 Å². The first-order valence-corrected chi connectivity index (χ1v) is 6.57. The molecule has 0 heterocycles. The smallest absolute Gasteiger partial charge is 0.211 e. The second-order valence-corrected chi connectivity index (χ2v) is 5.95. The third kappa shape index (κ3) is 1.93. The molecule has 0 aliphatic heterocycles. The molecular weight excluding hydrogens is 218 g/mol. The maximum absolute atomic E-state index is 10.4. The molecule has 0 bridgehead atoms. The van der Waals surface area contributed by atoms with Crippen molar-refractivity contribution in [3.8, 4) is 0 Å². The Kier molecular flexibility index (Phi) is 2.38. The van der Waals surface area contributed by atoms with Crippen LogP contribution in [0.3, 0.4) is 0 Å². The van der Waals surface area contributed by atoms with Crippen molar-refractivity contribution in [1.29, 1.82) is 0 Å². The molecule has 82 valence electrons. The van der Waals surface area contributed by atoms with Crippen molar-refractivity contribution < 1.29 is 4.79 Å². The lowest BCUT2D eigenvalue weighted by molar-refractivity contribution is 0.556. The van der Waals surface area contributed by atoms with E-state index in [4.69, 9.17) is 0 Å². The standard InChI is InChI=1S/C13H13NOS/c15-9-14-13(7-8-13)10-1-3-11(4-2-10)16-12-5-6-12/h1-4,12H,5-8H2. The normalized spacial score (nSPS) is 21.2. The average molecular weight is 231 g/mol. The second kappa shape index (κ2) is 3.76. The Morgan fingerprint density at radius 3 is 2.44 bits per heavy atom. The molecule has 1 aromatic carbocycles. The Hall–Kier alpha value is -1.05. The molecule has 0 aromatic heterocycles. The molecule has 0 radical (unpaired) electrons. The molecule has 2 aliphatic carbocycles. The molecule has 0 unspecified atom stereocenters. The molecular formula is C13H13NOS. The number of carbonyl (C=O) groups excluding carboxylic acids is 1. The van der Waals surface area contributed by atoms with E-state index in [-0.39, 0.29) is 5.54 Å². The summed E-state index contributed by atoms with van der Waals surface area (Å²) in [6.07, 6.45) is 6.37. The van der Waals surface area contributed by atoms with Gasteiger partial charge in [0.05, 0.1) is 5.54 Å². The molecule has 2 nitrogen and oxygen atoms in total. The zero-order valence-corrected chi connectivity index (χ0v) is 9.80. The zero-order valence-electron chi connectivity index (χ0n) is 8.98. The summed E-state index contributed by atoms with van der Waals surface area (Å²) in [4.78, 5) is 15.6. The van der Waals surface area contributed by atoms with Crippen LogP contribution in [0.15, 0.2) is 34.2 Å². The molecule has 1 aromatic rings. The monoisotopic (exact) mass is 231 g/mol. The molecule has 2 saturated carbocycles. The maximum atomic E-state index is 10.4. The summed E-state index contributed by atoms with van der Waals surface area (Å²) < 4.78 is 0. The van der Waals surface area contributed by atoms with Gasteiger partial charge < -0.3 is 0 Å². The summed E-state index contributed by atoms with van der Waals surface area (Å²) >= 11 is 1.95. The van der Waals surface area contributed by atoms with E-state index in [1.54, 1.807) is 6.08 Å². The Morgan fingerprint density at radius 2 is 1.94 bits per heavy atom. The Labute approximate surface area is 99.2 Å². The first-order valence-electron chi connectivity index (χ1n) is 5.69. The molecule has 0 amide bonds. The largest absolute Gasteiger partial charge is 0.235 e. The number of nitrogens with zero attached hydrogens (tertiary/aromatic N) is 1. The fourth-order valence-electron chi connectivity index (χ4n) is 1.89. The van der Waals surface area contributed by atoms with E-state index >= 15 is 0 Å². The third-order valence-corrected chi connectivity index (χ3v) is 4.55. The van der Waals surface area contributed by atoms with Gasteiger partial charge in [-0.2, -0.15) is 4.99 Å². The number of hydrogen-bond acceptors (Lipinski definition) is 3. The van der Waals surface area contributed by atoms with Crippen LogP contribution in [-0.4, -0.2) is 11.3 Å². The van der Waals surface area contributed by atoms with Gasteiger partial charge >= 0.3 is 0 Å². The number of rotatable bonds is 4. The van der Waals surface area contributed by atoms with Gasteiger partial charge in [-0.3, -0.25) is 0 Å². The maximum Gasteiger partial charge on any atom is 0.235 e. The minimum absolute atomic E-state index is 0.218. The molecule has 2 fully saturated rings. The second-order valence-electron chi connectivity index (χ2n) is 4.58.